The third-order valence-corrected chi connectivity index (χ3v) is 3.27. The van der Waals surface area contributed by atoms with E-state index in [-0.39, 0.29) is 5.91 Å². The van der Waals surface area contributed by atoms with Crippen molar-refractivity contribution in [2.45, 2.75) is 32.2 Å². The maximum Gasteiger partial charge on any atom is 0.218 e. The van der Waals surface area contributed by atoms with Gasteiger partial charge in [0.05, 0.1) is 0 Å². The Morgan fingerprint density at radius 3 is 2.59 bits per heavy atom. The van der Waals surface area contributed by atoms with Gasteiger partial charge in [-0.25, -0.2) is 0 Å². The van der Waals surface area contributed by atoms with Gasteiger partial charge in [-0.15, -0.1) is 0 Å². The molecule has 1 aromatic carbocycles. The zero-order valence-electron chi connectivity index (χ0n) is 10.3. The maximum absolute atomic E-state index is 10.7. The predicted molar refractivity (Wildman–Crippen MR) is 68.5 cm³/mol. The lowest BCUT2D eigenvalue weighted by Gasteiger charge is -2.18. The van der Waals surface area contributed by atoms with Crippen molar-refractivity contribution >= 4 is 5.91 Å². The molecule has 1 atom stereocenters. The van der Waals surface area contributed by atoms with E-state index in [4.69, 9.17) is 5.73 Å². The summed E-state index contributed by atoms with van der Waals surface area (Å²) < 4.78 is 0. The number of amides is 1. The highest BCUT2D eigenvalue weighted by Gasteiger charge is 2.31. The Labute approximate surface area is 102 Å². The lowest BCUT2D eigenvalue weighted by atomic mass is 10.0. The average molecular weight is 232 g/mol. The summed E-state index contributed by atoms with van der Waals surface area (Å²) in [5.41, 5.74) is 7.75. The summed E-state index contributed by atoms with van der Waals surface area (Å²) in [4.78, 5) is 10.7. The van der Waals surface area contributed by atoms with Crippen molar-refractivity contribution in [1.82, 2.24) is 5.32 Å². The maximum atomic E-state index is 10.7. The standard InChI is InChI=1S/C14H20N2O/c1-10-2-4-11(5-3-10)14(12-6-7-12)16-9-8-13(15)17/h2-5,12,14,16H,6-9H2,1H3,(H2,15,17). The number of nitrogens with two attached hydrogens (primary N) is 1. The number of nitrogens with one attached hydrogen (secondary N) is 1. The topological polar surface area (TPSA) is 55.1 Å². The third-order valence-electron chi connectivity index (χ3n) is 3.27. The second-order valence-corrected chi connectivity index (χ2v) is 4.90. The van der Waals surface area contributed by atoms with Gasteiger partial charge in [0.2, 0.25) is 5.91 Å². The molecule has 0 heterocycles. The van der Waals surface area contributed by atoms with Crippen molar-refractivity contribution in [3.05, 3.63) is 35.4 Å². The number of hydrogen-bond donors (Lipinski definition) is 2. The zero-order valence-corrected chi connectivity index (χ0v) is 10.3. The van der Waals surface area contributed by atoms with Crippen molar-refractivity contribution < 1.29 is 4.79 Å². The van der Waals surface area contributed by atoms with E-state index in [0.717, 1.165) is 5.92 Å². The van der Waals surface area contributed by atoms with E-state index in [9.17, 15) is 4.79 Å². The first-order chi connectivity index (χ1) is 8.16. The van der Waals surface area contributed by atoms with Gasteiger partial charge in [0.25, 0.3) is 0 Å². The van der Waals surface area contributed by atoms with E-state index in [1.165, 1.54) is 24.0 Å². The van der Waals surface area contributed by atoms with Crippen LogP contribution in [0.25, 0.3) is 0 Å². The highest BCUT2D eigenvalue weighted by Crippen LogP contribution is 2.40. The predicted octanol–water partition coefficient (Wildman–Crippen LogP) is 1.91. The Balaban J connectivity index is 1.97. The van der Waals surface area contributed by atoms with Gasteiger partial charge >= 0.3 is 0 Å². The van der Waals surface area contributed by atoms with E-state index in [2.05, 4.69) is 36.5 Å². The van der Waals surface area contributed by atoms with Crippen LogP contribution in [0.15, 0.2) is 24.3 Å². The molecule has 0 saturated heterocycles. The van der Waals surface area contributed by atoms with Crippen molar-refractivity contribution in [3.63, 3.8) is 0 Å². The number of carbonyl (C=O) groups is 1. The van der Waals surface area contributed by atoms with Gasteiger partial charge in [0.15, 0.2) is 0 Å². The van der Waals surface area contributed by atoms with Gasteiger partial charge in [-0.1, -0.05) is 29.8 Å². The molecule has 0 aliphatic heterocycles. The molecule has 1 fully saturated rings. The van der Waals surface area contributed by atoms with Crippen molar-refractivity contribution in [1.29, 1.82) is 0 Å². The molecule has 0 spiro atoms. The van der Waals surface area contributed by atoms with E-state index in [1.807, 2.05) is 0 Å². The molecule has 92 valence electrons. The third kappa shape index (κ3) is 3.56. The molecule has 0 aromatic heterocycles. The Hall–Kier alpha value is -1.35. The molecule has 1 aliphatic rings. The molecule has 1 aromatic rings. The van der Waals surface area contributed by atoms with Crippen LogP contribution in [0.4, 0.5) is 0 Å². The largest absolute Gasteiger partial charge is 0.370 e. The van der Waals surface area contributed by atoms with Gasteiger partial charge in [-0.05, 0) is 31.2 Å². The molecule has 3 heteroatoms. The number of benzene rings is 1. The highest BCUT2D eigenvalue weighted by molar-refractivity contribution is 5.73. The van der Waals surface area contributed by atoms with Crippen LogP contribution in [0.3, 0.4) is 0 Å². The Kier molecular flexibility index (Phi) is 3.79. The lowest BCUT2D eigenvalue weighted by molar-refractivity contribution is -0.117. The van der Waals surface area contributed by atoms with Gasteiger partial charge in [0.1, 0.15) is 0 Å². The second kappa shape index (κ2) is 5.32. The molecule has 1 aliphatic carbocycles. The summed E-state index contributed by atoms with van der Waals surface area (Å²) in [5.74, 6) is 0.488. The van der Waals surface area contributed by atoms with Gasteiger partial charge < -0.3 is 11.1 Å². The first kappa shape index (κ1) is 12.1. The number of aryl methyl sites for hydroxylation is 1. The Morgan fingerprint density at radius 2 is 2.06 bits per heavy atom. The van der Waals surface area contributed by atoms with E-state index >= 15 is 0 Å². The van der Waals surface area contributed by atoms with Crippen LogP contribution in [-0.4, -0.2) is 12.5 Å². The molecule has 1 saturated carbocycles. The van der Waals surface area contributed by atoms with Gasteiger partial charge in [-0.2, -0.15) is 0 Å². The molecular formula is C14H20N2O. The molecule has 2 rings (SSSR count). The molecule has 0 radical (unpaired) electrons. The summed E-state index contributed by atoms with van der Waals surface area (Å²) in [7, 11) is 0. The highest BCUT2D eigenvalue weighted by atomic mass is 16.1. The summed E-state index contributed by atoms with van der Waals surface area (Å²) in [5, 5.41) is 3.45. The summed E-state index contributed by atoms with van der Waals surface area (Å²) in [6.45, 7) is 2.76. The van der Waals surface area contributed by atoms with Crippen LogP contribution in [0.2, 0.25) is 0 Å². The summed E-state index contributed by atoms with van der Waals surface area (Å²) in [6, 6.07) is 9.02. The zero-order chi connectivity index (χ0) is 12.3. The SMILES string of the molecule is Cc1ccc(C(NCCC(N)=O)C2CC2)cc1. The van der Waals surface area contributed by atoms with Crippen LogP contribution in [0.1, 0.15) is 36.4 Å². The van der Waals surface area contributed by atoms with Crippen LogP contribution in [0, 0.1) is 12.8 Å². The van der Waals surface area contributed by atoms with Crippen molar-refractivity contribution in [2.24, 2.45) is 11.7 Å². The molecule has 3 nitrogen and oxygen atoms in total. The minimum absolute atomic E-state index is 0.240. The minimum Gasteiger partial charge on any atom is -0.370 e. The lowest BCUT2D eigenvalue weighted by Crippen LogP contribution is -2.27. The normalized spacial score (nSPS) is 16.8. The van der Waals surface area contributed by atoms with E-state index in [1.54, 1.807) is 0 Å². The Morgan fingerprint density at radius 1 is 1.41 bits per heavy atom. The van der Waals surface area contributed by atoms with Crippen molar-refractivity contribution in [3.8, 4) is 0 Å². The fourth-order valence-corrected chi connectivity index (χ4v) is 2.11. The fraction of sp³-hybridized carbons (Fsp3) is 0.500. The molecule has 17 heavy (non-hydrogen) atoms. The van der Waals surface area contributed by atoms with Gasteiger partial charge in [-0.3, -0.25) is 4.79 Å². The Bertz CT molecular complexity index is 382. The smallest absolute Gasteiger partial charge is 0.218 e. The summed E-state index contributed by atoms with van der Waals surface area (Å²) >= 11 is 0. The number of hydrogen-bond acceptors (Lipinski definition) is 2. The molecule has 3 N–H and O–H groups in total. The molecular weight excluding hydrogens is 212 g/mol. The first-order valence-electron chi connectivity index (χ1n) is 6.25. The van der Waals surface area contributed by atoms with Crippen LogP contribution in [0.5, 0.6) is 0 Å². The van der Waals surface area contributed by atoms with Crippen LogP contribution in [-0.2, 0) is 4.79 Å². The van der Waals surface area contributed by atoms with Gasteiger partial charge in [0, 0.05) is 19.0 Å². The van der Waals surface area contributed by atoms with E-state index in [0.29, 0.717) is 19.0 Å². The first-order valence-corrected chi connectivity index (χ1v) is 6.25. The minimum atomic E-state index is -0.240. The molecule has 1 amide bonds. The fourth-order valence-electron chi connectivity index (χ4n) is 2.11. The summed E-state index contributed by atoms with van der Waals surface area (Å²) in [6.07, 6.45) is 2.97. The monoisotopic (exact) mass is 232 g/mol. The van der Waals surface area contributed by atoms with Crippen molar-refractivity contribution in [2.75, 3.05) is 6.54 Å². The quantitative estimate of drug-likeness (QED) is 0.787. The number of carbonyl (C=O) groups excluding carboxylic acids is 1. The second-order valence-electron chi connectivity index (χ2n) is 4.90. The number of primary amides is 1. The molecule has 0 bridgehead atoms. The van der Waals surface area contributed by atoms with E-state index < -0.39 is 0 Å². The number of rotatable bonds is 6. The van der Waals surface area contributed by atoms with Crippen LogP contribution >= 0.6 is 0 Å². The average Bonchev–Trinajstić information content (AvgIpc) is 3.10. The van der Waals surface area contributed by atoms with Crippen LogP contribution < -0.4 is 11.1 Å². The molecule has 1 unspecified atom stereocenters.